The monoisotopic (exact) mass is 276 g/mol. The molecule has 0 saturated heterocycles. The summed E-state index contributed by atoms with van der Waals surface area (Å²) >= 11 is 5.93. The molecule has 0 amide bonds. The average Bonchev–Trinajstić information content (AvgIpc) is 3.08. The fraction of sp³-hybridized carbons (Fsp3) is 0.562. The van der Waals surface area contributed by atoms with Crippen molar-refractivity contribution in [2.45, 2.75) is 45.6 Å². The first kappa shape index (κ1) is 13.0. The molecule has 0 radical (unpaired) electrons. The van der Waals surface area contributed by atoms with Crippen LogP contribution < -0.4 is 0 Å². The van der Waals surface area contributed by atoms with Gasteiger partial charge in [-0.1, -0.05) is 25.5 Å². The Morgan fingerprint density at radius 3 is 2.79 bits per heavy atom. The maximum Gasteiger partial charge on any atom is 0.111 e. The van der Waals surface area contributed by atoms with Crippen molar-refractivity contribution in [2.24, 2.45) is 5.41 Å². The first-order valence-corrected chi connectivity index (χ1v) is 7.81. The summed E-state index contributed by atoms with van der Waals surface area (Å²) in [7, 11) is 0. The lowest BCUT2D eigenvalue weighted by Crippen LogP contribution is -2.14. The van der Waals surface area contributed by atoms with Gasteiger partial charge in [-0.25, -0.2) is 4.98 Å². The molecule has 1 fully saturated rings. The maximum absolute atomic E-state index is 5.93. The molecule has 0 aliphatic heterocycles. The topological polar surface area (TPSA) is 17.8 Å². The van der Waals surface area contributed by atoms with Crippen molar-refractivity contribution in [1.29, 1.82) is 0 Å². The van der Waals surface area contributed by atoms with E-state index in [1.807, 2.05) is 0 Å². The Hall–Kier alpha value is -1.02. The Labute approximate surface area is 119 Å². The number of halogens is 1. The van der Waals surface area contributed by atoms with Crippen molar-refractivity contribution >= 4 is 22.6 Å². The highest BCUT2D eigenvalue weighted by Crippen LogP contribution is 2.51. The largest absolute Gasteiger partial charge is 0.327 e. The normalized spacial score (nSPS) is 16.9. The predicted molar refractivity (Wildman–Crippen MR) is 80.7 cm³/mol. The van der Waals surface area contributed by atoms with Crippen LogP contribution in [0.3, 0.4) is 0 Å². The molecule has 1 aliphatic carbocycles. The van der Waals surface area contributed by atoms with Crippen LogP contribution in [0.1, 0.15) is 38.4 Å². The molecule has 1 saturated carbocycles. The molecule has 102 valence electrons. The third-order valence-corrected chi connectivity index (χ3v) is 4.47. The minimum absolute atomic E-state index is 0.541. The van der Waals surface area contributed by atoms with Gasteiger partial charge in [-0.15, -0.1) is 11.6 Å². The van der Waals surface area contributed by atoms with Crippen LogP contribution in [0.5, 0.6) is 0 Å². The molecule has 19 heavy (non-hydrogen) atoms. The van der Waals surface area contributed by atoms with E-state index in [1.165, 1.54) is 31.2 Å². The molecule has 1 aromatic heterocycles. The minimum Gasteiger partial charge on any atom is -0.327 e. The van der Waals surface area contributed by atoms with Gasteiger partial charge in [0.05, 0.1) is 11.0 Å². The molecule has 1 aromatic carbocycles. The highest BCUT2D eigenvalue weighted by Gasteiger charge is 2.42. The molecule has 0 spiro atoms. The summed E-state index contributed by atoms with van der Waals surface area (Å²) in [5, 5.41) is 0. The Kier molecular flexibility index (Phi) is 3.53. The van der Waals surface area contributed by atoms with Gasteiger partial charge >= 0.3 is 0 Å². The zero-order valence-electron chi connectivity index (χ0n) is 11.5. The molecule has 0 unspecified atom stereocenters. The summed E-state index contributed by atoms with van der Waals surface area (Å²) in [6.07, 6.45) is 6.21. The number of hydrogen-bond acceptors (Lipinski definition) is 1. The van der Waals surface area contributed by atoms with E-state index in [4.69, 9.17) is 16.6 Å². The van der Waals surface area contributed by atoms with Crippen LogP contribution in [0, 0.1) is 5.41 Å². The second-order valence-corrected chi connectivity index (χ2v) is 6.17. The quantitative estimate of drug-likeness (QED) is 0.715. The number of fused-ring (bicyclic) bond motifs is 1. The number of para-hydroxylation sites is 2. The lowest BCUT2D eigenvalue weighted by atomic mass is 10.0. The zero-order chi connectivity index (χ0) is 13.3. The first-order chi connectivity index (χ1) is 9.28. The van der Waals surface area contributed by atoms with E-state index >= 15 is 0 Å². The molecular formula is C16H21ClN2. The number of hydrogen-bond donors (Lipinski definition) is 0. The zero-order valence-corrected chi connectivity index (χ0v) is 12.3. The molecule has 1 heterocycles. The SMILES string of the molecule is CCCC1(Cn2c(CCCl)nc3ccccc32)CC1. The molecule has 2 aromatic rings. The Bertz CT molecular complexity index is 569. The van der Waals surface area contributed by atoms with Gasteiger partial charge in [-0.2, -0.15) is 0 Å². The van der Waals surface area contributed by atoms with E-state index in [9.17, 15) is 0 Å². The molecule has 0 bridgehead atoms. The van der Waals surface area contributed by atoms with E-state index in [2.05, 4.69) is 35.8 Å². The summed E-state index contributed by atoms with van der Waals surface area (Å²) in [5.41, 5.74) is 2.92. The first-order valence-electron chi connectivity index (χ1n) is 7.28. The summed E-state index contributed by atoms with van der Waals surface area (Å²) in [6, 6.07) is 8.44. The minimum atomic E-state index is 0.541. The van der Waals surface area contributed by atoms with Crippen LogP contribution in [0.15, 0.2) is 24.3 Å². The van der Waals surface area contributed by atoms with Gasteiger partial charge in [0.2, 0.25) is 0 Å². The highest BCUT2D eigenvalue weighted by molar-refractivity contribution is 6.17. The Balaban J connectivity index is 1.98. The summed E-state index contributed by atoms with van der Waals surface area (Å²) in [4.78, 5) is 4.75. The van der Waals surface area contributed by atoms with Gasteiger partial charge in [-0.3, -0.25) is 0 Å². The van der Waals surface area contributed by atoms with Gasteiger partial charge in [0, 0.05) is 18.8 Å². The highest BCUT2D eigenvalue weighted by atomic mass is 35.5. The second-order valence-electron chi connectivity index (χ2n) is 5.79. The van der Waals surface area contributed by atoms with Gasteiger partial charge in [0.1, 0.15) is 5.82 Å². The van der Waals surface area contributed by atoms with Gasteiger partial charge in [-0.05, 0) is 36.8 Å². The van der Waals surface area contributed by atoms with Gasteiger partial charge in [0.25, 0.3) is 0 Å². The summed E-state index contributed by atoms with van der Waals surface area (Å²) < 4.78 is 2.42. The number of rotatable bonds is 6. The molecule has 3 heteroatoms. The van der Waals surface area contributed by atoms with E-state index in [1.54, 1.807) is 0 Å². The molecule has 0 N–H and O–H groups in total. The van der Waals surface area contributed by atoms with E-state index in [0.717, 1.165) is 24.3 Å². The molecule has 2 nitrogen and oxygen atoms in total. The number of aryl methyl sites for hydroxylation is 1. The lowest BCUT2D eigenvalue weighted by molar-refractivity contribution is 0.387. The summed E-state index contributed by atoms with van der Waals surface area (Å²) in [6.45, 7) is 3.40. The number of aromatic nitrogens is 2. The van der Waals surface area contributed by atoms with Crippen molar-refractivity contribution in [3.63, 3.8) is 0 Å². The van der Waals surface area contributed by atoms with Crippen LogP contribution in [0.25, 0.3) is 11.0 Å². The van der Waals surface area contributed by atoms with Crippen LogP contribution in [0.4, 0.5) is 0 Å². The van der Waals surface area contributed by atoms with Crippen LogP contribution >= 0.6 is 11.6 Å². The van der Waals surface area contributed by atoms with Crippen LogP contribution in [0.2, 0.25) is 0 Å². The van der Waals surface area contributed by atoms with Crippen molar-refractivity contribution in [2.75, 3.05) is 5.88 Å². The number of imidazole rings is 1. The summed E-state index contributed by atoms with van der Waals surface area (Å²) in [5.74, 6) is 1.79. The third kappa shape index (κ3) is 2.51. The third-order valence-electron chi connectivity index (χ3n) is 4.28. The fourth-order valence-corrected chi connectivity index (χ4v) is 3.28. The number of benzene rings is 1. The van der Waals surface area contributed by atoms with Gasteiger partial charge < -0.3 is 4.57 Å². The maximum atomic E-state index is 5.93. The smallest absolute Gasteiger partial charge is 0.111 e. The Morgan fingerprint density at radius 1 is 1.32 bits per heavy atom. The number of alkyl halides is 1. The average molecular weight is 277 g/mol. The van der Waals surface area contributed by atoms with Crippen LogP contribution in [-0.4, -0.2) is 15.4 Å². The fourth-order valence-electron chi connectivity index (χ4n) is 3.11. The predicted octanol–water partition coefficient (Wildman–Crippen LogP) is 4.40. The van der Waals surface area contributed by atoms with E-state index in [-0.39, 0.29) is 0 Å². The van der Waals surface area contributed by atoms with Crippen molar-refractivity contribution < 1.29 is 0 Å². The van der Waals surface area contributed by atoms with Crippen molar-refractivity contribution in [3.05, 3.63) is 30.1 Å². The van der Waals surface area contributed by atoms with Crippen molar-refractivity contribution in [3.8, 4) is 0 Å². The Morgan fingerprint density at radius 2 is 2.11 bits per heavy atom. The van der Waals surface area contributed by atoms with Crippen LogP contribution in [-0.2, 0) is 13.0 Å². The number of nitrogens with zero attached hydrogens (tertiary/aromatic N) is 2. The van der Waals surface area contributed by atoms with E-state index < -0.39 is 0 Å². The molecular weight excluding hydrogens is 256 g/mol. The standard InChI is InChI=1S/C16H21ClN2/c1-2-8-16(9-10-16)12-19-14-6-4-3-5-13(14)18-15(19)7-11-17/h3-6H,2,7-12H2,1H3. The molecule has 3 rings (SSSR count). The lowest BCUT2D eigenvalue weighted by Gasteiger charge is -2.17. The van der Waals surface area contributed by atoms with E-state index in [0.29, 0.717) is 11.3 Å². The second kappa shape index (κ2) is 5.16. The van der Waals surface area contributed by atoms with Gasteiger partial charge in [0.15, 0.2) is 0 Å². The molecule has 1 aliphatic rings. The molecule has 0 atom stereocenters. The van der Waals surface area contributed by atoms with Crippen molar-refractivity contribution in [1.82, 2.24) is 9.55 Å².